The first-order valence-corrected chi connectivity index (χ1v) is 10.0. The molecule has 0 saturated heterocycles. The highest BCUT2D eigenvalue weighted by Crippen LogP contribution is 2.22. The normalized spacial score (nSPS) is 16.7. The van der Waals surface area contributed by atoms with Gasteiger partial charge in [-0.15, -0.1) is 10.2 Å². The zero-order chi connectivity index (χ0) is 20.1. The van der Waals surface area contributed by atoms with Gasteiger partial charge in [0, 0.05) is 39.5 Å². The third-order valence-corrected chi connectivity index (χ3v) is 4.95. The van der Waals surface area contributed by atoms with Crippen LogP contribution in [0.3, 0.4) is 0 Å². The summed E-state index contributed by atoms with van der Waals surface area (Å²) in [6, 6.07) is 3.78. The SMILES string of the molecule is CC(=O)NC(CC(C)C)c1nnc2n1CCN(CC(C)=Cc1ccco1)CC2. The Labute approximate surface area is 166 Å². The average Bonchev–Trinajstić information content (AvgIpc) is 3.21. The van der Waals surface area contributed by atoms with Crippen LogP contribution < -0.4 is 5.32 Å². The van der Waals surface area contributed by atoms with Crippen LogP contribution in [0.15, 0.2) is 28.4 Å². The van der Waals surface area contributed by atoms with Crippen molar-refractivity contribution in [3.05, 3.63) is 41.4 Å². The molecule has 2 aromatic heterocycles. The van der Waals surface area contributed by atoms with E-state index in [1.807, 2.05) is 12.1 Å². The lowest BCUT2D eigenvalue weighted by molar-refractivity contribution is -0.119. The number of furan rings is 1. The van der Waals surface area contributed by atoms with Gasteiger partial charge in [0.05, 0.1) is 12.3 Å². The van der Waals surface area contributed by atoms with Crippen molar-refractivity contribution in [3.63, 3.8) is 0 Å². The number of aromatic nitrogens is 3. The fraction of sp³-hybridized carbons (Fsp3) is 0.571. The smallest absolute Gasteiger partial charge is 0.217 e. The largest absolute Gasteiger partial charge is 0.465 e. The van der Waals surface area contributed by atoms with Crippen molar-refractivity contribution in [2.24, 2.45) is 5.92 Å². The first-order valence-electron chi connectivity index (χ1n) is 10.0. The van der Waals surface area contributed by atoms with Crippen LogP contribution in [0.25, 0.3) is 6.08 Å². The summed E-state index contributed by atoms with van der Waals surface area (Å²) in [7, 11) is 0. The Morgan fingerprint density at radius 1 is 1.29 bits per heavy atom. The van der Waals surface area contributed by atoms with Crippen molar-refractivity contribution >= 4 is 12.0 Å². The zero-order valence-corrected chi connectivity index (χ0v) is 17.3. The first kappa shape index (κ1) is 20.3. The number of nitrogens with zero attached hydrogens (tertiary/aromatic N) is 4. The molecule has 0 saturated carbocycles. The molecule has 3 rings (SSSR count). The van der Waals surface area contributed by atoms with Gasteiger partial charge in [0.15, 0.2) is 5.82 Å². The summed E-state index contributed by atoms with van der Waals surface area (Å²) in [5, 5.41) is 11.9. The summed E-state index contributed by atoms with van der Waals surface area (Å²) >= 11 is 0. The van der Waals surface area contributed by atoms with E-state index in [-0.39, 0.29) is 11.9 Å². The van der Waals surface area contributed by atoms with E-state index >= 15 is 0 Å². The first-order chi connectivity index (χ1) is 13.4. The van der Waals surface area contributed by atoms with Gasteiger partial charge in [0.2, 0.25) is 5.91 Å². The summed E-state index contributed by atoms with van der Waals surface area (Å²) < 4.78 is 7.61. The monoisotopic (exact) mass is 385 g/mol. The van der Waals surface area contributed by atoms with Crippen molar-refractivity contribution in [2.75, 3.05) is 19.6 Å². The van der Waals surface area contributed by atoms with Gasteiger partial charge in [-0.2, -0.15) is 0 Å². The molecule has 1 aliphatic rings. The highest BCUT2D eigenvalue weighted by molar-refractivity contribution is 5.73. The maximum atomic E-state index is 11.7. The number of hydrogen-bond acceptors (Lipinski definition) is 5. The van der Waals surface area contributed by atoms with Crippen molar-refractivity contribution in [1.82, 2.24) is 25.0 Å². The minimum Gasteiger partial charge on any atom is -0.465 e. The molecule has 0 radical (unpaired) electrons. The van der Waals surface area contributed by atoms with Gasteiger partial charge in [-0.1, -0.05) is 19.4 Å². The van der Waals surface area contributed by atoms with E-state index in [0.717, 1.165) is 56.4 Å². The van der Waals surface area contributed by atoms with E-state index < -0.39 is 0 Å². The Kier molecular flexibility index (Phi) is 6.67. The number of amides is 1. The van der Waals surface area contributed by atoms with Gasteiger partial charge in [-0.3, -0.25) is 9.69 Å². The highest BCUT2D eigenvalue weighted by atomic mass is 16.3. The lowest BCUT2D eigenvalue weighted by atomic mass is 10.0. The zero-order valence-electron chi connectivity index (χ0n) is 17.3. The molecule has 2 aromatic rings. The standard InChI is InChI=1S/C21H31N5O2/c1-15(2)12-19(22-17(4)27)21-24-23-20-7-8-25(9-10-26(20)21)14-16(3)13-18-6-5-11-28-18/h5-6,11,13,15,19H,7-10,12,14H2,1-4H3,(H,22,27). The van der Waals surface area contributed by atoms with Crippen molar-refractivity contribution in [3.8, 4) is 0 Å². The van der Waals surface area contributed by atoms with E-state index in [1.165, 1.54) is 5.57 Å². The highest BCUT2D eigenvalue weighted by Gasteiger charge is 2.25. The molecule has 3 heterocycles. The van der Waals surface area contributed by atoms with E-state index in [2.05, 4.69) is 51.8 Å². The van der Waals surface area contributed by atoms with Gasteiger partial charge in [-0.05, 0) is 37.5 Å². The fourth-order valence-electron chi connectivity index (χ4n) is 3.77. The van der Waals surface area contributed by atoms with Crippen LogP contribution in [0.5, 0.6) is 0 Å². The number of carbonyl (C=O) groups is 1. The molecular weight excluding hydrogens is 354 g/mol. The summed E-state index contributed by atoms with van der Waals surface area (Å²) in [5.41, 5.74) is 1.27. The van der Waals surface area contributed by atoms with Crippen LogP contribution in [-0.4, -0.2) is 45.2 Å². The Morgan fingerprint density at radius 3 is 2.79 bits per heavy atom. The van der Waals surface area contributed by atoms with E-state index in [4.69, 9.17) is 4.42 Å². The number of nitrogens with one attached hydrogen (secondary N) is 1. The second-order valence-corrected chi connectivity index (χ2v) is 8.04. The predicted molar refractivity (Wildman–Crippen MR) is 109 cm³/mol. The van der Waals surface area contributed by atoms with Crippen molar-refractivity contribution in [2.45, 2.75) is 53.1 Å². The molecule has 0 fully saturated rings. The molecule has 7 nitrogen and oxygen atoms in total. The second-order valence-electron chi connectivity index (χ2n) is 8.04. The van der Waals surface area contributed by atoms with Crippen LogP contribution >= 0.6 is 0 Å². The third kappa shape index (κ3) is 5.32. The predicted octanol–water partition coefficient (Wildman–Crippen LogP) is 3.06. The molecule has 7 heteroatoms. The molecule has 0 aromatic carbocycles. The number of carbonyl (C=O) groups excluding carboxylic acids is 1. The lowest BCUT2D eigenvalue weighted by Crippen LogP contribution is -2.31. The molecule has 1 atom stereocenters. The molecule has 0 bridgehead atoms. The Balaban J connectivity index is 1.69. The number of fused-ring (bicyclic) bond motifs is 1. The van der Waals surface area contributed by atoms with Gasteiger partial charge >= 0.3 is 0 Å². The summed E-state index contributed by atoms with van der Waals surface area (Å²) in [5.74, 6) is 3.20. The Morgan fingerprint density at radius 2 is 2.11 bits per heavy atom. The average molecular weight is 386 g/mol. The van der Waals surface area contributed by atoms with E-state index in [1.54, 1.807) is 13.2 Å². The molecule has 152 valence electrons. The van der Waals surface area contributed by atoms with Crippen LogP contribution in [0, 0.1) is 5.92 Å². The van der Waals surface area contributed by atoms with Gasteiger partial charge in [0.1, 0.15) is 11.6 Å². The summed E-state index contributed by atoms with van der Waals surface area (Å²) in [6.07, 6.45) is 5.50. The summed E-state index contributed by atoms with van der Waals surface area (Å²) in [6.45, 7) is 11.6. The lowest BCUT2D eigenvalue weighted by Gasteiger charge is -2.22. The van der Waals surface area contributed by atoms with Crippen molar-refractivity contribution in [1.29, 1.82) is 0 Å². The maximum Gasteiger partial charge on any atom is 0.217 e. The van der Waals surface area contributed by atoms with Crippen LogP contribution in [0.1, 0.15) is 57.6 Å². The third-order valence-electron chi connectivity index (χ3n) is 4.95. The van der Waals surface area contributed by atoms with E-state index in [9.17, 15) is 4.79 Å². The molecule has 1 unspecified atom stereocenters. The quantitative estimate of drug-likeness (QED) is 0.793. The second kappa shape index (κ2) is 9.19. The minimum atomic E-state index is -0.0918. The number of rotatable bonds is 7. The van der Waals surface area contributed by atoms with Crippen molar-refractivity contribution < 1.29 is 9.21 Å². The summed E-state index contributed by atoms with van der Waals surface area (Å²) in [4.78, 5) is 14.1. The van der Waals surface area contributed by atoms with Crippen LogP contribution in [0.2, 0.25) is 0 Å². The van der Waals surface area contributed by atoms with Crippen LogP contribution in [-0.2, 0) is 17.8 Å². The van der Waals surface area contributed by atoms with E-state index in [0.29, 0.717) is 5.92 Å². The Hall–Kier alpha value is -2.41. The molecule has 1 amide bonds. The Bertz CT molecular complexity index is 807. The molecule has 1 N–H and O–H groups in total. The molecule has 1 aliphatic heterocycles. The molecule has 28 heavy (non-hydrogen) atoms. The minimum absolute atomic E-state index is 0.0306. The molecule has 0 aliphatic carbocycles. The molecule has 0 spiro atoms. The fourth-order valence-corrected chi connectivity index (χ4v) is 3.77. The van der Waals surface area contributed by atoms with Crippen LogP contribution in [0.4, 0.5) is 0 Å². The number of hydrogen-bond donors (Lipinski definition) is 1. The van der Waals surface area contributed by atoms with Gasteiger partial charge < -0.3 is 14.3 Å². The van der Waals surface area contributed by atoms with Gasteiger partial charge in [0.25, 0.3) is 0 Å². The maximum absolute atomic E-state index is 11.7. The topological polar surface area (TPSA) is 76.2 Å². The molecular formula is C21H31N5O2. The van der Waals surface area contributed by atoms with Gasteiger partial charge in [-0.25, -0.2) is 0 Å².